The Kier molecular flexibility index (Phi) is 3.38. The number of hydrogen-bond acceptors (Lipinski definition) is 1. The van der Waals surface area contributed by atoms with Gasteiger partial charge in [0.05, 0.1) is 0 Å². The van der Waals surface area contributed by atoms with Crippen molar-refractivity contribution in [2.45, 2.75) is 13.3 Å². The summed E-state index contributed by atoms with van der Waals surface area (Å²) in [5.41, 5.74) is 6.40. The van der Waals surface area contributed by atoms with Gasteiger partial charge in [-0.3, -0.25) is 0 Å². The maximum atomic E-state index is 3.57. The molecule has 0 saturated carbocycles. The van der Waals surface area contributed by atoms with Crippen LogP contribution in [0.1, 0.15) is 12.5 Å². The fraction of sp³-hybridized carbons (Fsp3) is 0.0769. The standard InChI is InChI=1S/C26H19NS/c1-2-16-10-12-23-21(14-16)22-15-17(11-13-24(22)27-23)18-7-5-8-20-19-6-3-4-9-25(19)28-26(18)20/h3-15,27H,2H2,1H3. The highest BCUT2D eigenvalue weighted by Crippen LogP contribution is 2.40. The fourth-order valence-electron chi connectivity index (χ4n) is 4.31. The SMILES string of the molecule is CCc1ccc2[nH]c3ccc(-c4cccc5c4sc4ccccc45)cc3c2c1. The van der Waals surface area contributed by atoms with Crippen LogP contribution in [0.5, 0.6) is 0 Å². The molecule has 4 aromatic carbocycles. The van der Waals surface area contributed by atoms with Crippen molar-refractivity contribution in [1.82, 2.24) is 4.98 Å². The maximum absolute atomic E-state index is 3.57. The maximum Gasteiger partial charge on any atom is 0.0465 e. The first-order valence-electron chi connectivity index (χ1n) is 9.77. The second kappa shape index (κ2) is 5.95. The molecule has 0 unspecified atom stereocenters. The summed E-state index contributed by atoms with van der Waals surface area (Å²) in [6.45, 7) is 2.21. The number of hydrogen-bond donors (Lipinski definition) is 1. The number of aromatic nitrogens is 1. The molecule has 2 heteroatoms. The number of benzene rings is 4. The number of nitrogens with one attached hydrogen (secondary N) is 1. The van der Waals surface area contributed by atoms with E-state index in [2.05, 4.69) is 90.8 Å². The molecule has 28 heavy (non-hydrogen) atoms. The van der Waals surface area contributed by atoms with Crippen LogP contribution in [0.15, 0.2) is 78.9 Å². The lowest BCUT2D eigenvalue weighted by Gasteiger charge is -2.05. The van der Waals surface area contributed by atoms with Crippen LogP contribution in [0.2, 0.25) is 0 Å². The molecule has 0 aliphatic rings. The van der Waals surface area contributed by atoms with Gasteiger partial charge in [0.2, 0.25) is 0 Å². The molecule has 0 aliphatic heterocycles. The molecule has 2 aromatic heterocycles. The molecule has 0 radical (unpaired) electrons. The van der Waals surface area contributed by atoms with Crippen LogP contribution in [0, 0.1) is 0 Å². The number of aromatic amines is 1. The number of thiophene rings is 1. The third-order valence-electron chi connectivity index (χ3n) is 5.79. The number of H-pyrrole nitrogens is 1. The van der Waals surface area contributed by atoms with Crippen LogP contribution in [0.25, 0.3) is 53.1 Å². The van der Waals surface area contributed by atoms with Gasteiger partial charge in [-0.05, 0) is 53.4 Å². The van der Waals surface area contributed by atoms with Crippen molar-refractivity contribution in [1.29, 1.82) is 0 Å². The van der Waals surface area contributed by atoms with Crippen molar-refractivity contribution in [3.63, 3.8) is 0 Å². The summed E-state index contributed by atoms with van der Waals surface area (Å²) in [5.74, 6) is 0. The summed E-state index contributed by atoms with van der Waals surface area (Å²) in [7, 11) is 0. The van der Waals surface area contributed by atoms with Crippen LogP contribution in [-0.4, -0.2) is 4.98 Å². The zero-order chi connectivity index (χ0) is 18.7. The summed E-state index contributed by atoms with van der Waals surface area (Å²) in [6, 6.07) is 29.0. The molecule has 1 nitrogen and oxygen atoms in total. The van der Waals surface area contributed by atoms with Crippen LogP contribution in [-0.2, 0) is 6.42 Å². The first kappa shape index (κ1) is 15.9. The zero-order valence-electron chi connectivity index (χ0n) is 15.6. The zero-order valence-corrected chi connectivity index (χ0v) is 16.4. The minimum absolute atomic E-state index is 1.06. The average molecular weight is 378 g/mol. The van der Waals surface area contributed by atoms with Gasteiger partial charge in [-0.1, -0.05) is 55.5 Å². The first-order valence-corrected chi connectivity index (χ1v) is 10.6. The predicted molar refractivity (Wildman–Crippen MR) is 124 cm³/mol. The highest BCUT2D eigenvalue weighted by Gasteiger charge is 2.12. The van der Waals surface area contributed by atoms with Crippen molar-refractivity contribution in [2.24, 2.45) is 0 Å². The topological polar surface area (TPSA) is 15.8 Å². The molecule has 0 amide bonds. The van der Waals surface area contributed by atoms with Crippen molar-refractivity contribution in [3.05, 3.63) is 84.4 Å². The Balaban J connectivity index is 1.65. The van der Waals surface area contributed by atoms with Gasteiger partial charge in [-0.15, -0.1) is 11.3 Å². The van der Waals surface area contributed by atoms with Gasteiger partial charge in [-0.2, -0.15) is 0 Å². The van der Waals surface area contributed by atoms with E-state index < -0.39 is 0 Å². The Morgan fingerprint density at radius 1 is 0.714 bits per heavy atom. The lowest BCUT2D eigenvalue weighted by Crippen LogP contribution is -1.80. The van der Waals surface area contributed by atoms with Crippen molar-refractivity contribution in [2.75, 3.05) is 0 Å². The van der Waals surface area contributed by atoms with Crippen LogP contribution < -0.4 is 0 Å². The van der Waals surface area contributed by atoms with Gasteiger partial charge < -0.3 is 4.98 Å². The van der Waals surface area contributed by atoms with E-state index in [0.29, 0.717) is 0 Å². The van der Waals surface area contributed by atoms with E-state index in [-0.39, 0.29) is 0 Å². The predicted octanol–water partition coefficient (Wildman–Crippen LogP) is 7.92. The van der Waals surface area contributed by atoms with E-state index in [0.717, 1.165) is 6.42 Å². The second-order valence-electron chi connectivity index (χ2n) is 7.40. The van der Waals surface area contributed by atoms with Gasteiger partial charge in [0.25, 0.3) is 0 Å². The molecular formula is C26H19NS. The molecule has 1 N–H and O–H groups in total. The fourth-order valence-corrected chi connectivity index (χ4v) is 5.54. The lowest BCUT2D eigenvalue weighted by atomic mass is 10.00. The van der Waals surface area contributed by atoms with Crippen molar-refractivity contribution >= 4 is 53.3 Å². The molecule has 2 heterocycles. The number of aryl methyl sites for hydroxylation is 1. The summed E-state index contributed by atoms with van der Waals surface area (Å²) in [4.78, 5) is 3.57. The monoisotopic (exact) mass is 377 g/mol. The Hall–Kier alpha value is -3.10. The lowest BCUT2D eigenvalue weighted by molar-refractivity contribution is 1.15. The molecule has 6 aromatic rings. The Morgan fingerprint density at radius 3 is 2.39 bits per heavy atom. The first-order chi connectivity index (χ1) is 13.8. The molecule has 0 atom stereocenters. The smallest absolute Gasteiger partial charge is 0.0465 e. The quantitative estimate of drug-likeness (QED) is 0.315. The molecular weight excluding hydrogens is 358 g/mol. The minimum atomic E-state index is 1.06. The van der Waals surface area contributed by atoms with Crippen LogP contribution in [0.4, 0.5) is 0 Å². The van der Waals surface area contributed by atoms with Crippen molar-refractivity contribution in [3.8, 4) is 11.1 Å². The van der Waals surface area contributed by atoms with E-state index in [1.807, 2.05) is 11.3 Å². The molecule has 134 valence electrons. The summed E-state index contributed by atoms with van der Waals surface area (Å²) < 4.78 is 2.72. The van der Waals surface area contributed by atoms with E-state index in [1.54, 1.807) is 0 Å². The number of fused-ring (bicyclic) bond motifs is 6. The Labute approximate surface area is 167 Å². The largest absolute Gasteiger partial charge is 0.355 e. The van der Waals surface area contributed by atoms with Gasteiger partial charge in [0.1, 0.15) is 0 Å². The van der Waals surface area contributed by atoms with Crippen molar-refractivity contribution < 1.29 is 0 Å². The Bertz CT molecular complexity index is 1500. The van der Waals surface area contributed by atoms with E-state index >= 15 is 0 Å². The van der Waals surface area contributed by atoms with Crippen LogP contribution in [0.3, 0.4) is 0 Å². The van der Waals surface area contributed by atoms with E-state index in [4.69, 9.17) is 0 Å². The van der Waals surface area contributed by atoms with Crippen LogP contribution >= 0.6 is 11.3 Å². The number of rotatable bonds is 2. The molecule has 0 bridgehead atoms. The van der Waals surface area contributed by atoms with Gasteiger partial charge in [0.15, 0.2) is 0 Å². The minimum Gasteiger partial charge on any atom is -0.355 e. The summed E-state index contributed by atoms with van der Waals surface area (Å²) in [5, 5.41) is 5.33. The highest BCUT2D eigenvalue weighted by atomic mass is 32.1. The summed E-state index contributed by atoms with van der Waals surface area (Å²) in [6.07, 6.45) is 1.06. The molecule has 0 fully saturated rings. The van der Waals surface area contributed by atoms with Gasteiger partial charge in [0, 0.05) is 42.0 Å². The highest BCUT2D eigenvalue weighted by molar-refractivity contribution is 7.26. The normalized spacial score (nSPS) is 11.9. The average Bonchev–Trinajstić information content (AvgIpc) is 3.30. The molecule has 0 aliphatic carbocycles. The summed E-state index contributed by atoms with van der Waals surface area (Å²) >= 11 is 1.89. The van der Waals surface area contributed by atoms with E-state index in [9.17, 15) is 0 Å². The molecule has 0 saturated heterocycles. The second-order valence-corrected chi connectivity index (χ2v) is 8.45. The molecule has 6 rings (SSSR count). The third kappa shape index (κ3) is 2.25. The van der Waals surface area contributed by atoms with E-state index in [1.165, 1.54) is 58.7 Å². The third-order valence-corrected chi connectivity index (χ3v) is 7.01. The van der Waals surface area contributed by atoms with Gasteiger partial charge in [-0.25, -0.2) is 0 Å². The Morgan fingerprint density at radius 2 is 1.50 bits per heavy atom. The molecule has 0 spiro atoms. The van der Waals surface area contributed by atoms with Gasteiger partial charge >= 0.3 is 0 Å².